The first-order valence-corrected chi connectivity index (χ1v) is 10.2. The summed E-state index contributed by atoms with van der Waals surface area (Å²) in [7, 11) is 0. The second-order valence-electron chi connectivity index (χ2n) is 7.51. The van der Waals surface area contributed by atoms with Gasteiger partial charge in [0.15, 0.2) is 11.5 Å². The zero-order valence-electron chi connectivity index (χ0n) is 16.9. The van der Waals surface area contributed by atoms with E-state index >= 15 is 0 Å². The number of ketones is 1. The number of amides is 1. The number of halogens is 1. The van der Waals surface area contributed by atoms with E-state index in [4.69, 9.17) is 0 Å². The summed E-state index contributed by atoms with van der Waals surface area (Å²) in [4.78, 5) is 27.4. The van der Waals surface area contributed by atoms with Crippen LogP contribution in [0.3, 0.4) is 0 Å². The van der Waals surface area contributed by atoms with E-state index in [1.165, 1.54) is 11.0 Å². The Balaban J connectivity index is 1.68. The molecule has 1 aliphatic heterocycles. The first kappa shape index (κ1) is 20.5. The van der Waals surface area contributed by atoms with Gasteiger partial charge in [0.2, 0.25) is 0 Å². The van der Waals surface area contributed by atoms with Crippen molar-refractivity contribution < 1.29 is 19.1 Å². The molecule has 3 aromatic carbocycles. The van der Waals surface area contributed by atoms with Crippen LogP contribution in [0, 0.1) is 5.82 Å². The molecule has 3 aromatic rings. The molecule has 0 radical (unpaired) electrons. The van der Waals surface area contributed by atoms with Crippen molar-refractivity contribution in [3.05, 3.63) is 119 Å². The highest BCUT2D eigenvalue weighted by Gasteiger charge is 2.44. The molecule has 31 heavy (non-hydrogen) atoms. The van der Waals surface area contributed by atoms with Crippen LogP contribution >= 0.6 is 0 Å². The number of hydrogen-bond acceptors (Lipinski definition) is 3. The summed E-state index contributed by atoms with van der Waals surface area (Å²) in [5, 5.41) is 10.6. The van der Waals surface area contributed by atoms with Gasteiger partial charge in [-0.05, 0) is 23.6 Å². The van der Waals surface area contributed by atoms with Crippen molar-refractivity contribution in [3.8, 4) is 0 Å². The Morgan fingerprint density at radius 2 is 1.45 bits per heavy atom. The van der Waals surface area contributed by atoms with E-state index in [1.807, 2.05) is 60.7 Å². The van der Waals surface area contributed by atoms with Crippen LogP contribution in [0.1, 0.15) is 29.2 Å². The molecule has 0 saturated carbocycles. The molecule has 156 valence electrons. The normalized spacial score (nSPS) is 16.1. The maximum Gasteiger partial charge on any atom is 0.290 e. The van der Waals surface area contributed by atoms with Gasteiger partial charge in [-0.15, -0.1) is 0 Å². The Kier molecular flexibility index (Phi) is 5.94. The first-order chi connectivity index (χ1) is 15.1. The third-order valence-corrected chi connectivity index (χ3v) is 5.48. The van der Waals surface area contributed by atoms with Crippen LogP contribution in [0.2, 0.25) is 0 Å². The Morgan fingerprint density at radius 3 is 2.10 bits per heavy atom. The van der Waals surface area contributed by atoms with Gasteiger partial charge in [-0.2, -0.15) is 0 Å². The predicted molar refractivity (Wildman–Crippen MR) is 116 cm³/mol. The second kappa shape index (κ2) is 8.96. The van der Waals surface area contributed by atoms with E-state index in [0.29, 0.717) is 6.42 Å². The van der Waals surface area contributed by atoms with Crippen molar-refractivity contribution in [3.63, 3.8) is 0 Å². The van der Waals surface area contributed by atoms with Gasteiger partial charge in [0.1, 0.15) is 5.82 Å². The minimum Gasteiger partial charge on any atom is -0.503 e. The van der Waals surface area contributed by atoms with Crippen molar-refractivity contribution in [1.29, 1.82) is 0 Å². The number of aliphatic hydroxyl groups excluding tert-OH is 1. The average Bonchev–Trinajstić information content (AvgIpc) is 3.04. The van der Waals surface area contributed by atoms with Crippen LogP contribution in [0.15, 0.2) is 96.3 Å². The molecule has 1 N–H and O–H groups in total. The van der Waals surface area contributed by atoms with Crippen molar-refractivity contribution in [1.82, 2.24) is 4.90 Å². The first-order valence-electron chi connectivity index (χ1n) is 10.2. The number of hydrogen-bond donors (Lipinski definition) is 1. The number of benzene rings is 3. The number of carbonyl (C=O) groups excluding carboxylic acids is 2. The fourth-order valence-electron chi connectivity index (χ4n) is 3.94. The summed E-state index contributed by atoms with van der Waals surface area (Å²) in [5.74, 6) is -2.15. The monoisotopic (exact) mass is 415 g/mol. The lowest BCUT2D eigenvalue weighted by molar-refractivity contribution is -0.130. The summed E-state index contributed by atoms with van der Waals surface area (Å²) in [5.41, 5.74) is 1.95. The molecule has 0 bridgehead atoms. The molecule has 1 unspecified atom stereocenters. The minimum absolute atomic E-state index is 0.0398. The van der Waals surface area contributed by atoms with E-state index in [0.717, 1.165) is 11.1 Å². The fraction of sp³-hybridized carbons (Fsp3) is 0.154. The van der Waals surface area contributed by atoms with Crippen LogP contribution in [-0.2, 0) is 22.6 Å². The van der Waals surface area contributed by atoms with Crippen LogP contribution in [0.25, 0.3) is 0 Å². The molecule has 1 aliphatic rings. The van der Waals surface area contributed by atoms with Gasteiger partial charge in [-0.1, -0.05) is 78.9 Å². The molecule has 4 rings (SSSR count). The van der Waals surface area contributed by atoms with Crippen LogP contribution in [0.4, 0.5) is 4.39 Å². The predicted octanol–water partition coefficient (Wildman–Crippen LogP) is 4.92. The van der Waals surface area contributed by atoms with Gasteiger partial charge in [0.05, 0.1) is 11.6 Å². The molecule has 0 fully saturated rings. The summed E-state index contributed by atoms with van der Waals surface area (Å²) in [6, 6.07) is 23.8. The van der Waals surface area contributed by atoms with Gasteiger partial charge in [0, 0.05) is 18.5 Å². The van der Waals surface area contributed by atoms with Crippen LogP contribution in [0.5, 0.6) is 0 Å². The Bertz CT molecular complexity index is 1130. The van der Waals surface area contributed by atoms with Crippen LogP contribution in [-0.4, -0.2) is 21.7 Å². The topological polar surface area (TPSA) is 57.6 Å². The molecular formula is C26H22FNO3. The number of nitrogens with zero attached hydrogens (tertiary/aromatic N) is 1. The second-order valence-corrected chi connectivity index (χ2v) is 7.51. The fourth-order valence-corrected chi connectivity index (χ4v) is 3.94. The summed E-state index contributed by atoms with van der Waals surface area (Å²) < 4.78 is 14.7. The molecular weight excluding hydrogens is 393 g/mol. The van der Waals surface area contributed by atoms with Crippen molar-refractivity contribution in [2.75, 3.05) is 0 Å². The third kappa shape index (κ3) is 4.26. The maximum atomic E-state index is 14.7. The van der Waals surface area contributed by atoms with Gasteiger partial charge in [-0.3, -0.25) is 9.59 Å². The molecule has 0 spiro atoms. The van der Waals surface area contributed by atoms with E-state index < -0.39 is 23.5 Å². The quantitative estimate of drug-likeness (QED) is 0.596. The van der Waals surface area contributed by atoms with Crippen LogP contribution < -0.4 is 0 Å². The molecule has 4 nitrogen and oxygen atoms in total. The lowest BCUT2D eigenvalue weighted by atomic mass is 9.92. The lowest BCUT2D eigenvalue weighted by Gasteiger charge is -2.27. The zero-order valence-corrected chi connectivity index (χ0v) is 16.9. The largest absolute Gasteiger partial charge is 0.503 e. The highest BCUT2D eigenvalue weighted by atomic mass is 19.1. The average molecular weight is 415 g/mol. The molecule has 0 aromatic heterocycles. The van der Waals surface area contributed by atoms with Crippen molar-refractivity contribution >= 4 is 11.7 Å². The SMILES string of the molecule is O=C(CCc1ccccc1)C1=C(O)C(=O)N(Cc2ccccc2)C1c1ccccc1F. The molecule has 1 atom stereocenters. The molecule has 0 saturated heterocycles. The minimum atomic E-state index is -0.975. The third-order valence-electron chi connectivity index (χ3n) is 5.48. The molecule has 1 amide bonds. The Labute approximate surface area is 180 Å². The van der Waals surface area contributed by atoms with E-state index in [2.05, 4.69) is 0 Å². The number of rotatable bonds is 7. The number of aliphatic hydroxyl groups is 1. The Morgan fingerprint density at radius 1 is 0.871 bits per heavy atom. The standard InChI is InChI=1S/C26H22FNO3/c27-21-14-8-7-13-20(21)24-23(22(29)16-15-18-9-3-1-4-10-18)25(30)26(31)28(24)17-19-11-5-2-6-12-19/h1-14,24,30H,15-17H2. The summed E-state index contributed by atoms with van der Waals surface area (Å²) in [6.45, 7) is 0.151. The number of Topliss-reactive ketones (excluding diaryl/α,β-unsaturated/α-hetero) is 1. The molecule has 0 aliphatic carbocycles. The van der Waals surface area contributed by atoms with Gasteiger partial charge >= 0.3 is 0 Å². The highest BCUT2D eigenvalue weighted by Crippen LogP contribution is 2.40. The van der Waals surface area contributed by atoms with Crippen molar-refractivity contribution in [2.24, 2.45) is 0 Å². The Hall–Kier alpha value is -3.73. The van der Waals surface area contributed by atoms with E-state index in [1.54, 1.807) is 18.2 Å². The highest BCUT2D eigenvalue weighted by molar-refractivity contribution is 6.09. The van der Waals surface area contributed by atoms with E-state index in [9.17, 15) is 19.1 Å². The van der Waals surface area contributed by atoms with Gasteiger partial charge < -0.3 is 10.0 Å². The molecule has 1 heterocycles. The zero-order chi connectivity index (χ0) is 21.8. The van der Waals surface area contributed by atoms with Crippen molar-refractivity contribution in [2.45, 2.75) is 25.4 Å². The summed E-state index contributed by atoms with van der Waals surface area (Å²) >= 11 is 0. The molecule has 5 heteroatoms. The lowest BCUT2D eigenvalue weighted by Crippen LogP contribution is -2.31. The summed E-state index contributed by atoms with van der Waals surface area (Å²) in [6.07, 6.45) is 0.578. The van der Waals surface area contributed by atoms with Gasteiger partial charge in [-0.25, -0.2) is 4.39 Å². The smallest absolute Gasteiger partial charge is 0.290 e. The van der Waals surface area contributed by atoms with E-state index in [-0.39, 0.29) is 29.9 Å². The van der Waals surface area contributed by atoms with Gasteiger partial charge in [0.25, 0.3) is 5.91 Å². The maximum absolute atomic E-state index is 14.7. The number of carbonyl (C=O) groups is 2. The number of aryl methyl sites for hydroxylation is 1.